The fourth-order valence-corrected chi connectivity index (χ4v) is 3.71. The molecule has 0 saturated carbocycles. The maximum absolute atomic E-state index is 10.6. The SMILES string of the molecule is O=C(O)C(F)(F)F.Oc1c(NCCc2c[nH]c3ccccc23)cc2c3c1N=CC=3CCN=2. The Hall–Kier alpha value is -3.82. The highest BCUT2D eigenvalue weighted by atomic mass is 19.4. The zero-order chi connectivity index (χ0) is 22.9. The first-order chi connectivity index (χ1) is 15.3. The Bertz CT molecular complexity index is 1340. The molecule has 0 aliphatic carbocycles. The summed E-state index contributed by atoms with van der Waals surface area (Å²) in [6, 6.07) is 10.2. The Morgan fingerprint density at radius 2 is 2.00 bits per heavy atom. The number of fused-ring (bicyclic) bond motifs is 1. The number of carbonyl (C=O) groups is 1. The lowest BCUT2D eigenvalue weighted by Gasteiger charge is -2.11. The van der Waals surface area contributed by atoms with E-state index < -0.39 is 12.1 Å². The van der Waals surface area contributed by atoms with Crippen LogP contribution in [-0.4, -0.2) is 46.6 Å². The number of rotatable bonds is 4. The topological polar surface area (TPSA) is 110 Å². The van der Waals surface area contributed by atoms with Crippen molar-refractivity contribution < 1.29 is 28.2 Å². The van der Waals surface area contributed by atoms with Crippen LogP contribution in [-0.2, 0) is 11.2 Å². The fraction of sp³-hybridized carbons (Fsp3) is 0.227. The molecule has 0 amide bonds. The molecule has 0 spiro atoms. The average molecular weight is 444 g/mol. The van der Waals surface area contributed by atoms with Gasteiger partial charge in [0.2, 0.25) is 0 Å². The Morgan fingerprint density at radius 3 is 2.75 bits per heavy atom. The van der Waals surface area contributed by atoms with Crippen LogP contribution in [0.25, 0.3) is 16.5 Å². The number of aromatic nitrogens is 1. The number of para-hydroxylation sites is 1. The molecule has 5 rings (SSSR count). The quantitative estimate of drug-likeness (QED) is 0.464. The van der Waals surface area contributed by atoms with Gasteiger partial charge in [-0.15, -0.1) is 0 Å². The van der Waals surface area contributed by atoms with Gasteiger partial charge in [-0.05, 0) is 36.1 Å². The number of aromatic hydroxyl groups is 1. The van der Waals surface area contributed by atoms with Gasteiger partial charge in [0.25, 0.3) is 0 Å². The third kappa shape index (κ3) is 4.16. The number of nitrogens with zero attached hydrogens (tertiary/aromatic N) is 2. The minimum absolute atomic E-state index is 0.223. The number of phenols is 1. The molecule has 0 radical (unpaired) electrons. The minimum Gasteiger partial charge on any atom is -0.504 e. The van der Waals surface area contributed by atoms with Gasteiger partial charge in [0, 0.05) is 41.6 Å². The number of H-pyrrole nitrogens is 1. The first-order valence-electron chi connectivity index (χ1n) is 9.82. The number of aliphatic imine (C=N–C) groups is 1. The van der Waals surface area contributed by atoms with Crippen molar-refractivity contribution in [2.75, 3.05) is 18.4 Å². The van der Waals surface area contributed by atoms with Gasteiger partial charge in [0.1, 0.15) is 5.69 Å². The van der Waals surface area contributed by atoms with Crippen LogP contribution in [0.3, 0.4) is 0 Å². The van der Waals surface area contributed by atoms with Crippen LogP contribution < -0.4 is 15.9 Å². The second kappa shape index (κ2) is 8.37. The maximum atomic E-state index is 10.6. The predicted octanol–water partition coefficient (Wildman–Crippen LogP) is 3.05. The molecular formula is C22H19F3N4O3. The normalized spacial score (nSPS) is 13.9. The molecule has 0 fully saturated rings. The first-order valence-corrected chi connectivity index (χ1v) is 9.82. The van der Waals surface area contributed by atoms with Crippen molar-refractivity contribution in [2.45, 2.75) is 19.0 Å². The summed E-state index contributed by atoms with van der Waals surface area (Å²) in [5.74, 6) is -2.53. The summed E-state index contributed by atoms with van der Waals surface area (Å²) < 4.78 is 31.7. The number of alkyl halides is 3. The van der Waals surface area contributed by atoms with E-state index in [9.17, 15) is 18.3 Å². The second-order valence-corrected chi connectivity index (χ2v) is 7.27. The molecule has 1 aromatic heterocycles. The molecule has 0 atom stereocenters. The van der Waals surface area contributed by atoms with E-state index in [0.29, 0.717) is 11.4 Å². The molecule has 3 heterocycles. The van der Waals surface area contributed by atoms with Crippen molar-refractivity contribution in [1.29, 1.82) is 0 Å². The molecule has 32 heavy (non-hydrogen) atoms. The van der Waals surface area contributed by atoms with Crippen molar-refractivity contribution in [3.8, 4) is 5.75 Å². The van der Waals surface area contributed by atoms with Crippen LogP contribution in [0.5, 0.6) is 5.75 Å². The van der Waals surface area contributed by atoms with Crippen molar-refractivity contribution >= 4 is 40.0 Å². The van der Waals surface area contributed by atoms with Crippen LogP contribution in [0.15, 0.2) is 46.5 Å². The minimum atomic E-state index is -5.08. The largest absolute Gasteiger partial charge is 0.504 e. The van der Waals surface area contributed by atoms with Gasteiger partial charge in [-0.1, -0.05) is 18.2 Å². The van der Waals surface area contributed by atoms with Gasteiger partial charge in [-0.25, -0.2) is 4.79 Å². The summed E-state index contributed by atoms with van der Waals surface area (Å²) in [7, 11) is 0. The van der Waals surface area contributed by atoms with E-state index in [0.717, 1.165) is 42.0 Å². The van der Waals surface area contributed by atoms with Gasteiger partial charge in [0.15, 0.2) is 5.75 Å². The highest BCUT2D eigenvalue weighted by Crippen LogP contribution is 2.32. The van der Waals surface area contributed by atoms with Crippen molar-refractivity contribution in [2.24, 2.45) is 9.98 Å². The molecule has 3 aromatic rings. The van der Waals surface area contributed by atoms with Crippen LogP contribution in [0.2, 0.25) is 0 Å². The van der Waals surface area contributed by atoms with Gasteiger partial charge in [0.05, 0.1) is 11.0 Å². The molecule has 0 saturated heterocycles. The van der Waals surface area contributed by atoms with E-state index in [-0.39, 0.29) is 5.75 Å². The fourth-order valence-electron chi connectivity index (χ4n) is 3.71. The third-order valence-electron chi connectivity index (χ3n) is 5.21. The van der Waals surface area contributed by atoms with Gasteiger partial charge in [-0.3, -0.25) is 9.98 Å². The van der Waals surface area contributed by atoms with Crippen molar-refractivity contribution in [3.05, 3.63) is 52.7 Å². The number of benzene rings is 2. The Morgan fingerprint density at radius 1 is 1.25 bits per heavy atom. The van der Waals surface area contributed by atoms with Crippen LogP contribution in [0.1, 0.15) is 12.0 Å². The number of phenolic OH excluding ortho intramolecular Hbond substituents is 1. The molecule has 2 aromatic carbocycles. The molecule has 2 aliphatic rings. The smallest absolute Gasteiger partial charge is 0.490 e. The summed E-state index contributed by atoms with van der Waals surface area (Å²) in [4.78, 5) is 21.2. The number of carboxylic acids is 1. The number of anilines is 1. The van der Waals surface area contributed by atoms with Crippen molar-refractivity contribution in [1.82, 2.24) is 4.98 Å². The second-order valence-electron chi connectivity index (χ2n) is 7.27. The highest BCUT2D eigenvalue weighted by Gasteiger charge is 2.38. The van der Waals surface area contributed by atoms with E-state index in [4.69, 9.17) is 9.90 Å². The Kier molecular flexibility index (Phi) is 5.60. The number of hydrogen-bond donors (Lipinski definition) is 4. The van der Waals surface area contributed by atoms with E-state index in [1.165, 1.54) is 16.5 Å². The van der Waals surface area contributed by atoms with Gasteiger partial charge >= 0.3 is 12.1 Å². The molecule has 0 unspecified atom stereocenters. The van der Waals surface area contributed by atoms with Crippen LogP contribution >= 0.6 is 0 Å². The number of aliphatic carboxylic acids is 1. The van der Waals surface area contributed by atoms with Crippen LogP contribution in [0, 0.1) is 0 Å². The first kappa shape index (κ1) is 21.4. The number of aromatic amines is 1. The third-order valence-corrected chi connectivity index (χ3v) is 5.21. The zero-order valence-electron chi connectivity index (χ0n) is 16.7. The molecule has 0 bridgehead atoms. The van der Waals surface area contributed by atoms with E-state index in [2.05, 4.69) is 44.7 Å². The van der Waals surface area contributed by atoms with Crippen LogP contribution in [0.4, 0.5) is 24.5 Å². The predicted molar refractivity (Wildman–Crippen MR) is 114 cm³/mol. The van der Waals surface area contributed by atoms with Crippen molar-refractivity contribution in [3.63, 3.8) is 0 Å². The monoisotopic (exact) mass is 444 g/mol. The lowest BCUT2D eigenvalue weighted by Crippen LogP contribution is -2.30. The Balaban J connectivity index is 0.000000307. The standard InChI is InChI=1S/C20H18N4O.C2HF3O2/c25-20-17(9-16-18-13(6-8-21-16)11-24-19(18)20)22-7-5-12-10-23-15-4-2-1-3-14(12)15;3-2(4,5)1(6)7/h1-4,9-11,22-23,25H,5-8H2;(H,6,7). The van der Waals surface area contributed by atoms with E-state index in [1.54, 1.807) is 0 Å². The number of carboxylic acid groups (broad SMARTS) is 1. The molecule has 4 N–H and O–H groups in total. The number of halogens is 3. The summed E-state index contributed by atoms with van der Waals surface area (Å²) in [6.45, 7) is 1.52. The Labute approximate surface area is 179 Å². The lowest BCUT2D eigenvalue weighted by atomic mass is 10.1. The zero-order valence-corrected chi connectivity index (χ0v) is 16.7. The molecule has 7 nitrogen and oxygen atoms in total. The van der Waals surface area contributed by atoms with Gasteiger partial charge in [-0.2, -0.15) is 13.2 Å². The van der Waals surface area contributed by atoms with Gasteiger partial charge < -0.3 is 20.5 Å². The number of nitrogens with one attached hydrogen (secondary N) is 2. The lowest BCUT2D eigenvalue weighted by molar-refractivity contribution is -0.192. The molecule has 10 heteroatoms. The van der Waals surface area contributed by atoms with E-state index in [1.807, 2.05) is 18.3 Å². The summed E-state index contributed by atoms with van der Waals surface area (Å²) in [5.41, 5.74) is 4.96. The highest BCUT2D eigenvalue weighted by molar-refractivity contribution is 6.08. The summed E-state index contributed by atoms with van der Waals surface area (Å²) in [6.07, 6.45) is 0.599. The molecule has 2 aliphatic heterocycles. The van der Waals surface area contributed by atoms with E-state index >= 15 is 0 Å². The average Bonchev–Trinajstić information content (AvgIpc) is 3.37. The summed E-state index contributed by atoms with van der Waals surface area (Å²) >= 11 is 0. The maximum Gasteiger partial charge on any atom is 0.490 e. The summed E-state index contributed by atoms with van der Waals surface area (Å²) in [5, 5.41) is 24.2. The number of hydrogen-bond acceptors (Lipinski definition) is 5. The molecular weight excluding hydrogens is 425 g/mol. The molecule has 166 valence electrons.